The minimum atomic E-state index is -0.772. The molecule has 4 saturated heterocycles. The Morgan fingerprint density at radius 3 is 2.70 bits per heavy atom. The van der Waals surface area contributed by atoms with Crippen LogP contribution in [0.2, 0.25) is 0 Å². The van der Waals surface area contributed by atoms with Crippen LogP contribution in [0.5, 0.6) is 0 Å². The van der Waals surface area contributed by atoms with Gasteiger partial charge in [0, 0.05) is 24.7 Å². The van der Waals surface area contributed by atoms with Crippen molar-refractivity contribution >= 4 is 21.9 Å². The van der Waals surface area contributed by atoms with Crippen molar-refractivity contribution < 1.29 is 19.2 Å². The van der Waals surface area contributed by atoms with Gasteiger partial charge in [0.2, 0.25) is 11.7 Å². The number of hydrogen-bond acceptors (Lipinski definition) is 7. The fraction of sp³-hybridized carbons (Fsp3) is 0.789. The molecule has 1 saturated carbocycles. The summed E-state index contributed by atoms with van der Waals surface area (Å²) in [6, 6.07) is 1.79. The Kier molecular flexibility index (Phi) is 4.12. The number of aromatic nitrogens is 2. The lowest BCUT2D eigenvalue weighted by molar-refractivity contribution is -0.568. The first kappa shape index (κ1) is 18.2. The number of alkyl halides is 1. The van der Waals surface area contributed by atoms with E-state index in [0.717, 1.165) is 25.7 Å². The summed E-state index contributed by atoms with van der Waals surface area (Å²) in [6.07, 6.45) is 6.55. The molecule has 6 rings (SSSR count). The molecule has 0 radical (unpaired) electrons. The number of ether oxygens (including phenoxy) is 2. The number of hydrogen-bond donors (Lipinski definition) is 1. The van der Waals surface area contributed by atoms with E-state index in [1.807, 2.05) is 6.92 Å². The molecule has 2 bridgehead atoms. The quantitative estimate of drug-likeness (QED) is 0.556. The zero-order chi connectivity index (χ0) is 18.9. The monoisotopic (exact) mass is 439 g/mol. The number of halogens is 1. The average molecular weight is 440 g/mol. The molecule has 4 aliphatic heterocycles. The van der Waals surface area contributed by atoms with E-state index in [1.165, 1.54) is 0 Å². The summed E-state index contributed by atoms with van der Waals surface area (Å²) in [6.45, 7) is 6.40. The van der Waals surface area contributed by atoms with Gasteiger partial charge < -0.3 is 14.8 Å². The molecule has 8 atom stereocenters. The van der Waals surface area contributed by atoms with Gasteiger partial charge in [-0.05, 0) is 51.0 Å². The Morgan fingerprint density at radius 2 is 1.93 bits per heavy atom. The van der Waals surface area contributed by atoms with Gasteiger partial charge in [-0.25, -0.2) is 19.7 Å². The Labute approximate surface area is 167 Å². The third kappa shape index (κ3) is 2.60. The van der Waals surface area contributed by atoms with Crippen molar-refractivity contribution in [2.45, 2.75) is 74.7 Å². The van der Waals surface area contributed by atoms with Gasteiger partial charge in [-0.15, -0.1) is 0 Å². The molecule has 1 aliphatic carbocycles. The van der Waals surface area contributed by atoms with Crippen molar-refractivity contribution in [2.75, 3.05) is 5.32 Å². The first-order chi connectivity index (χ1) is 12.9. The van der Waals surface area contributed by atoms with Gasteiger partial charge in [-0.1, -0.05) is 22.9 Å². The third-order valence-electron chi connectivity index (χ3n) is 7.00. The number of nitrogens with one attached hydrogen (secondary N) is 1. The molecule has 1 unspecified atom stereocenters. The maximum Gasteiger partial charge on any atom is 0.224 e. The second kappa shape index (κ2) is 6.10. The maximum absolute atomic E-state index is 6.50. The summed E-state index contributed by atoms with van der Waals surface area (Å²) in [5.74, 6) is 0.785. The van der Waals surface area contributed by atoms with Crippen molar-refractivity contribution in [2.24, 2.45) is 17.8 Å². The van der Waals surface area contributed by atoms with Gasteiger partial charge in [0.05, 0.1) is 4.32 Å². The van der Waals surface area contributed by atoms with Crippen LogP contribution in [0.25, 0.3) is 0 Å². The van der Waals surface area contributed by atoms with E-state index >= 15 is 0 Å². The lowest BCUT2D eigenvalue weighted by Gasteiger charge is -2.62. The van der Waals surface area contributed by atoms with Crippen LogP contribution in [0.1, 0.15) is 46.5 Å². The molecule has 5 aliphatic rings. The Bertz CT molecular complexity index is 722. The topological polar surface area (TPSA) is 74.7 Å². The summed E-state index contributed by atoms with van der Waals surface area (Å²) >= 11 is 3.98. The largest absolute Gasteiger partial charge is 0.327 e. The van der Waals surface area contributed by atoms with Crippen LogP contribution in [0.15, 0.2) is 18.5 Å². The van der Waals surface area contributed by atoms with E-state index in [2.05, 4.69) is 45.1 Å². The van der Waals surface area contributed by atoms with Crippen LogP contribution >= 0.6 is 15.9 Å². The van der Waals surface area contributed by atoms with Gasteiger partial charge in [-0.3, -0.25) is 0 Å². The molecule has 8 heteroatoms. The normalized spacial score (nSPS) is 51.3. The molecule has 5 fully saturated rings. The van der Waals surface area contributed by atoms with Gasteiger partial charge >= 0.3 is 0 Å². The maximum atomic E-state index is 6.50. The summed E-state index contributed by atoms with van der Waals surface area (Å²) in [5.41, 5.74) is -0.609. The molecular weight excluding hydrogens is 414 g/mol. The summed E-state index contributed by atoms with van der Waals surface area (Å²) in [5, 5.41) is 3.34. The van der Waals surface area contributed by atoms with Crippen molar-refractivity contribution in [3.8, 4) is 0 Å². The van der Waals surface area contributed by atoms with E-state index < -0.39 is 22.0 Å². The predicted octanol–water partition coefficient (Wildman–Crippen LogP) is 3.61. The van der Waals surface area contributed by atoms with Crippen molar-refractivity contribution in [3.63, 3.8) is 0 Å². The predicted molar refractivity (Wildman–Crippen MR) is 101 cm³/mol. The summed E-state index contributed by atoms with van der Waals surface area (Å²) in [4.78, 5) is 20.6. The minimum Gasteiger partial charge on any atom is -0.327 e. The first-order valence-corrected chi connectivity index (χ1v) is 10.6. The van der Waals surface area contributed by atoms with E-state index in [9.17, 15) is 0 Å². The molecule has 0 amide bonds. The van der Waals surface area contributed by atoms with Crippen molar-refractivity contribution in [3.05, 3.63) is 18.5 Å². The van der Waals surface area contributed by atoms with E-state index in [1.54, 1.807) is 18.5 Å². The highest BCUT2D eigenvalue weighted by molar-refractivity contribution is 9.10. The minimum absolute atomic E-state index is 0.161. The van der Waals surface area contributed by atoms with Gasteiger partial charge in [-0.2, -0.15) is 0 Å². The Hall–Kier alpha value is -0.800. The second-order valence-electron chi connectivity index (χ2n) is 8.74. The average Bonchev–Trinajstić information content (AvgIpc) is 2.86. The van der Waals surface area contributed by atoms with E-state index in [-0.39, 0.29) is 12.1 Å². The number of anilines is 1. The summed E-state index contributed by atoms with van der Waals surface area (Å²) in [7, 11) is 0. The molecule has 148 valence electrons. The van der Waals surface area contributed by atoms with Crippen molar-refractivity contribution in [1.82, 2.24) is 9.97 Å². The van der Waals surface area contributed by atoms with Gasteiger partial charge in [0.15, 0.2) is 11.9 Å². The van der Waals surface area contributed by atoms with Crippen LogP contribution in [-0.4, -0.2) is 38.2 Å². The van der Waals surface area contributed by atoms with Crippen LogP contribution < -0.4 is 5.32 Å². The molecule has 27 heavy (non-hydrogen) atoms. The first-order valence-electron chi connectivity index (χ1n) is 9.78. The molecule has 1 aromatic heterocycles. The van der Waals surface area contributed by atoms with E-state index in [4.69, 9.17) is 19.2 Å². The molecular formula is C19H26BrN3O4. The highest BCUT2D eigenvalue weighted by Crippen LogP contribution is 2.63. The number of rotatable bonds is 2. The lowest BCUT2D eigenvalue weighted by Crippen LogP contribution is -2.74. The van der Waals surface area contributed by atoms with Crippen LogP contribution in [0.3, 0.4) is 0 Å². The third-order valence-corrected chi connectivity index (χ3v) is 7.97. The fourth-order valence-electron chi connectivity index (χ4n) is 5.55. The lowest BCUT2D eigenvalue weighted by atomic mass is 9.58. The molecule has 5 heterocycles. The molecule has 7 nitrogen and oxygen atoms in total. The standard InChI is InChI=1S/C19H26BrN3O4/c1-11-5-6-13-18(3,20)14(23-16-21-9-4-10-22-16)24-15-19(13)12(11)7-8-17(2,25-15)26-27-19/h4,9-15H,5-8H2,1-3H3,(H,21,22,23)/t11-,12+,13+,14?,15-,17+,18+,19-/m1/s1. The molecule has 1 aromatic rings. The zero-order valence-corrected chi connectivity index (χ0v) is 17.4. The fourth-order valence-corrected chi connectivity index (χ4v) is 6.36. The molecule has 0 aromatic carbocycles. The SMILES string of the molecule is C[C@@H]1CC[C@@H]2[C@]34OO[C@@](C)(CC[C@@H]13)O[C@H]4OC(Nc1ncccn1)[C@@]2(C)Br. The molecule has 1 N–H and O–H groups in total. The highest BCUT2D eigenvalue weighted by Gasteiger charge is 2.72. The Balaban J connectivity index is 1.55. The Morgan fingerprint density at radius 1 is 1.15 bits per heavy atom. The highest BCUT2D eigenvalue weighted by atomic mass is 79.9. The summed E-state index contributed by atoms with van der Waals surface area (Å²) < 4.78 is 12.5. The van der Waals surface area contributed by atoms with Crippen LogP contribution in [0.4, 0.5) is 5.95 Å². The van der Waals surface area contributed by atoms with Gasteiger partial charge in [0.25, 0.3) is 0 Å². The van der Waals surface area contributed by atoms with Crippen molar-refractivity contribution in [1.29, 1.82) is 0 Å². The van der Waals surface area contributed by atoms with Crippen LogP contribution in [0, 0.1) is 17.8 Å². The zero-order valence-electron chi connectivity index (χ0n) is 15.9. The number of nitrogens with zero attached hydrogens (tertiary/aromatic N) is 2. The van der Waals surface area contributed by atoms with Gasteiger partial charge in [0.1, 0.15) is 6.23 Å². The smallest absolute Gasteiger partial charge is 0.224 e. The van der Waals surface area contributed by atoms with E-state index in [0.29, 0.717) is 17.8 Å². The second-order valence-corrected chi connectivity index (χ2v) is 10.4. The number of fused-ring (bicyclic) bond motifs is 2. The van der Waals surface area contributed by atoms with Crippen LogP contribution in [-0.2, 0) is 19.2 Å². The molecule has 1 spiro atoms.